The predicted molar refractivity (Wildman–Crippen MR) is 132 cm³/mol. The van der Waals surface area contributed by atoms with Gasteiger partial charge in [0.15, 0.2) is 0 Å². The molecule has 0 aliphatic carbocycles. The summed E-state index contributed by atoms with van der Waals surface area (Å²) in [5.74, 6) is -1.22. The predicted octanol–water partition coefficient (Wildman–Crippen LogP) is 5.74. The molecule has 3 aromatic rings. The molecule has 0 bridgehead atoms. The standard InChI is InChI=1S/C25H21Cl2N3O4/c26-19-3-1-4-20(22(19)27)30-25(33)29-18-12-10-16(11-13-18)15-6-8-17(9-7-15)23(31)34-24(32)21-5-2-14-28-21/h1,3-4,6-13,21,28H,2,5,14H2,(H2,29,30,33)/t21-/m0/s1. The molecule has 1 aliphatic heterocycles. The van der Waals surface area contributed by atoms with Gasteiger partial charge in [-0.1, -0.05) is 53.5 Å². The summed E-state index contributed by atoms with van der Waals surface area (Å²) < 4.78 is 4.97. The zero-order chi connectivity index (χ0) is 24.1. The Bertz CT molecular complexity index is 1210. The summed E-state index contributed by atoms with van der Waals surface area (Å²) >= 11 is 12.1. The number of benzene rings is 3. The van der Waals surface area contributed by atoms with Crippen molar-refractivity contribution in [2.45, 2.75) is 18.9 Å². The van der Waals surface area contributed by atoms with Gasteiger partial charge in [0.2, 0.25) is 0 Å². The van der Waals surface area contributed by atoms with Gasteiger partial charge in [0.05, 0.1) is 21.3 Å². The lowest BCUT2D eigenvalue weighted by Crippen LogP contribution is -2.33. The fourth-order valence-corrected chi connectivity index (χ4v) is 3.88. The van der Waals surface area contributed by atoms with Crippen LogP contribution in [0.1, 0.15) is 23.2 Å². The Hall–Kier alpha value is -3.39. The van der Waals surface area contributed by atoms with Crippen molar-refractivity contribution in [1.29, 1.82) is 0 Å². The number of halogens is 2. The van der Waals surface area contributed by atoms with Gasteiger partial charge in [0.1, 0.15) is 6.04 Å². The first-order valence-electron chi connectivity index (χ1n) is 10.6. The molecule has 0 aromatic heterocycles. The summed E-state index contributed by atoms with van der Waals surface area (Å²) in [5.41, 5.74) is 3.03. The second kappa shape index (κ2) is 10.7. The smallest absolute Gasteiger partial charge is 0.345 e. The summed E-state index contributed by atoms with van der Waals surface area (Å²) in [6, 6.07) is 18.0. The van der Waals surface area contributed by atoms with Crippen molar-refractivity contribution in [3.63, 3.8) is 0 Å². The maximum absolute atomic E-state index is 12.3. The van der Waals surface area contributed by atoms with Crippen LogP contribution < -0.4 is 16.0 Å². The quantitative estimate of drug-likeness (QED) is 0.308. The second-order valence-corrected chi connectivity index (χ2v) is 8.48. The Morgan fingerprint density at radius 2 is 1.56 bits per heavy atom. The van der Waals surface area contributed by atoms with Gasteiger partial charge in [-0.05, 0) is 66.9 Å². The van der Waals surface area contributed by atoms with Gasteiger partial charge in [-0.3, -0.25) is 0 Å². The SMILES string of the molecule is O=C(Nc1ccc(-c2ccc(C(=O)OC(=O)[C@@H]3CCCN3)cc2)cc1)Nc1cccc(Cl)c1Cl. The molecule has 3 aromatic carbocycles. The molecule has 1 atom stereocenters. The number of carbonyl (C=O) groups excluding carboxylic acids is 3. The molecule has 0 unspecified atom stereocenters. The first-order chi connectivity index (χ1) is 16.4. The summed E-state index contributed by atoms with van der Waals surface area (Å²) in [5, 5.41) is 9.01. The van der Waals surface area contributed by atoms with Crippen LogP contribution in [0.3, 0.4) is 0 Å². The topological polar surface area (TPSA) is 96.5 Å². The number of carbonyl (C=O) groups is 3. The molecular weight excluding hydrogens is 477 g/mol. The molecule has 4 rings (SSSR count). The third-order valence-corrected chi connectivity index (χ3v) is 6.15. The van der Waals surface area contributed by atoms with E-state index in [1.54, 1.807) is 54.6 Å². The molecule has 9 heteroatoms. The van der Waals surface area contributed by atoms with E-state index in [1.807, 2.05) is 12.1 Å². The average molecular weight is 498 g/mol. The van der Waals surface area contributed by atoms with Crippen LogP contribution in [-0.4, -0.2) is 30.6 Å². The largest absolute Gasteiger partial charge is 0.388 e. The van der Waals surface area contributed by atoms with E-state index in [0.717, 1.165) is 24.1 Å². The lowest BCUT2D eigenvalue weighted by molar-refractivity contribution is -0.139. The lowest BCUT2D eigenvalue weighted by atomic mass is 10.0. The molecule has 1 saturated heterocycles. The molecule has 1 fully saturated rings. The second-order valence-electron chi connectivity index (χ2n) is 7.69. The van der Waals surface area contributed by atoms with Crippen LogP contribution in [0, 0.1) is 0 Å². The van der Waals surface area contributed by atoms with Crippen LogP contribution in [0.2, 0.25) is 10.0 Å². The summed E-state index contributed by atoms with van der Waals surface area (Å²) in [6.45, 7) is 0.748. The highest BCUT2D eigenvalue weighted by molar-refractivity contribution is 6.44. The van der Waals surface area contributed by atoms with Crippen LogP contribution >= 0.6 is 23.2 Å². The molecule has 2 amide bonds. The van der Waals surface area contributed by atoms with Crippen molar-refractivity contribution in [1.82, 2.24) is 5.32 Å². The van der Waals surface area contributed by atoms with Crippen molar-refractivity contribution in [2.24, 2.45) is 0 Å². The normalized spacial score (nSPS) is 14.9. The molecule has 7 nitrogen and oxygen atoms in total. The summed E-state index contributed by atoms with van der Waals surface area (Å²) in [4.78, 5) is 36.5. The minimum atomic E-state index is -0.671. The maximum Gasteiger partial charge on any atom is 0.345 e. The first kappa shape index (κ1) is 23.8. The minimum absolute atomic E-state index is 0.265. The molecule has 1 aliphatic rings. The van der Waals surface area contributed by atoms with E-state index < -0.39 is 24.0 Å². The zero-order valence-corrected chi connectivity index (χ0v) is 19.5. The van der Waals surface area contributed by atoms with E-state index in [1.165, 1.54) is 0 Å². The molecule has 3 N–H and O–H groups in total. The van der Waals surface area contributed by atoms with Crippen LogP contribution in [-0.2, 0) is 9.53 Å². The fourth-order valence-electron chi connectivity index (χ4n) is 3.54. The van der Waals surface area contributed by atoms with Gasteiger partial charge in [-0.2, -0.15) is 0 Å². The molecule has 0 radical (unpaired) electrons. The number of amides is 2. The van der Waals surface area contributed by atoms with Gasteiger partial charge < -0.3 is 20.7 Å². The van der Waals surface area contributed by atoms with Crippen LogP contribution in [0.5, 0.6) is 0 Å². The van der Waals surface area contributed by atoms with E-state index in [4.69, 9.17) is 27.9 Å². The third-order valence-electron chi connectivity index (χ3n) is 5.33. The van der Waals surface area contributed by atoms with Crippen molar-refractivity contribution < 1.29 is 19.1 Å². The number of urea groups is 1. The van der Waals surface area contributed by atoms with Gasteiger partial charge in [-0.15, -0.1) is 0 Å². The molecule has 0 saturated carbocycles. The minimum Gasteiger partial charge on any atom is -0.388 e. The van der Waals surface area contributed by atoms with Crippen LogP contribution in [0.15, 0.2) is 66.7 Å². The zero-order valence-electron chi connectivity index (χ0n) is 17.9. The van der Waals surface area contributed by atoms with Gasteiger partial charge in [-0.25, -0.2) is 14.4 Å². The average Bonchev–Trinajstić information content (AvgIpc) is 3.38. The summed E-state index contributed by atoms with van der Waals surface area (Å²) in [7, 11) is 0. The van der Waals surface area contributed by atoms with E-state index in [9.17, 15) is 14.4 Å². The van der Waals surface area contributed by atoms with Crippen molar-refractivity contribution in [2.75, 3.05) is 17.2 Å². The molecule has 34 heavy (non-hydrogen) atoms. The Morgan fingerprint density at radius 1 is 0.882 bits per heavy atom. The fraction of sp³-hybridized carbons (Fsp3) is 0.160. The van der Waals surface area contributed by atoms with Crippen LogP contribution in [0.4, 0.5) is 16.2 Å². The van der Waals surface area contributed by atoms with Gasteiger partial charge in [0, 0.05) is 5.69 Å². The van der Waals surface area contributed by atoms with Crippen LogP contribution in [0.25, 0.3) is 11.1 Å². The van der Waals surface area contributed by atoms with Crippen molar-refractivity contribution in [3.8, 4) is 11.1 Å². The number of nitrogens with one attached hydrogen (secondary N) is 3. The van der Waals surface area contributed by atoms with E-state index in [2.05, 4.69) is 16.0 Å². The molecule has 0 spiro atoms. The van der Waals surface area contributed by atoms with E-state index >= 15 is 0 Å². The molecular formula is C25H21Cl2N3O4. The summed E-state index contributed by atoms with van der Waals surface area (Å²) in [6.07, 6.45) is 1.56. The van der Waals surface area contributed by atoms with Gasteiger partial charge in [0.25, 0.3) is 0 Å². The third kappa shape index (κ3) is 5.75. The number of hydrogen-bond acceptors (Lipinski definition) is 5. The van der Waals surface area contributed by atoms with Crippen molar-refractivity contribution >= 4 is 52.5 Å². The Kier molecular flexibility index (Phi) is 7.47. The molecule has 174 valence electrons. The lowest BCUT2D eigenvalue weighted by Gasteiger charge is -2.11. The van der Waals surface area contributed by atoms with E-state index in [-0.39, 0.29) is 5.02 Å². The Morgan fingerprint density at radius 3 is 2.21 bits per heavy atom. The highest BCUT2D eigenvalue weighted by Gasteiger charge is 2.26. The Labute approximate surface area is 206 Å². The highest BCUT2D eigenvalue weighted by atomic mass is 35.5. The maximum atomic E-state index is 12.3. The number of rotatable bonds is 5. The Balaban J connectivity index is 1.35. The van der Waals surface area contributed by atoms with Gasteiger partial charge >= 0.3 is 18.0 Å². The number of ether oxygens (including phenoxy) is 1. The monoisotopic (exact) mass is 497 g/mol. The highest BCUT2D eigenvalue weighted by Crippen LogP contribution is 2.29. The van der Waals surface area contributed by atoms with Crippen molar-refractivity contribution in [3.05, 3.63) is 82.3 Å². The molecule has 1 heterocycles. The first-order valence-corrected chi connectivity index (χ1v) is 11.4. The number of esters is 2. The number of hydrogen-bond donors (Lipinski definition) is 3. The van der Waals surface area contributed by atoms with E-state index in [0.29, 0.717) is 28.4 Å². The number of anilines is 2.